The molecular formula is C25H29F3N4O6. The molecule has 4 heterocycles. The molecule has 2 aliphatic rings. The highest BCUT2D eigenvalue weighted by molar-refractivity contribution is 5.57. The lowest BCUT2D eigenvalue weighted by Gasteiger charge is -2.43. The predicted molar refractivity (Wildman–Crippen MR) is 125 cm³/mol. The fourth-order valence-corrected chi connectivity index (χ4v) is 5.16. The second-order valence-electron chi connectivity index (χ2n) is 9.97. The van der Waals surface area contributed by atoms with Gasteiger partial charge in [0.15, 0.2) is 17.5 Å². The zero-order valence-electron chi connectivity index (χ0n) is 20.9. The van der Waals surface area contributed by atoms with Crippen LogP contribution < -0.4 is 0 Å². The minimum atomic E-state index is -1.59. The van der Waals surface area contributed by atoms with Crippen LogP contribution in [-0.4, -0.2) is 81.7 Å². The Hall–Kier alpha value is -2.84. The van der Waals surface area contributed by atoms with Gasteiger partial charge in [0.2, 0.25) is 0 Å². The number of benzene rings is 1. The van der Waals surface area contributed by atoms with E-state index in [4.69, 9.17) is 18.7 Å². The van der Waals surface area contributed by atoms with Crippen LogP contribution in [0.25, 0.3) is 11.3 Å². The fraction of sp³-hybridized carbons (Fsp3) is 0.560. The zero-order valence-corrected chi connectivity index (χ0v) is 20.9. The molecule has 2 aliphatic heterocycles. The van der Waals surface area contributed by atoms with Crippen LogP contribution >= 0.6 is 0 Å². The number of halogens is 3. The van der Waals surface area contributed by atoms with Crippen molar-refractivity contribution in [1.29, 1.82) is 0 Å². The van der Waals surface area contributed by atoms with Gasteiger partial charge in [-0.05, 0) is 25.0 Å². The monoisotopic (exact) mass is 538 g/mol. The Morgan fingerprint density at radius 3 is 2.50 bits per heavy atom. The molecule has 0 aliphatic carbocycles. The van der Waals surface area contributed by atoms with Crippen LogP contribution in [-0.2, 0) is 26.0 Å². The molecular weight excluding hydrogens is 509 g/mol. The smallest absolute Gasteiger partial charge is 0.194 e. The molecule has 0 saturated carbocycles. The zero-order chi connectivity index (χ0) is 27.0. The first-order chi connectivity index (χ1) is 18.2. The summed E-state index contributed by atoms with van der Waals surface area (Å²) in [6.07, 6.45) is -0.481. The van der Waals surface area contributed by atoms with Crippen molar-refractivity contribution < 1.29 is 42.1 Å². The SMILES string of the molecule is CO[C@@H]1[C@@H](n2cc(-c3cc(F)c(F)c(F)c3)nn2)[C@@H](O)[C@@H](CO)O[C@@H]1Cc1cc(C2(C)CCOCC2)no1. The van der Waals surface area contributed by atoms with Crippen molar-refractivity contribution in [1.82, 2.24) is 20.2 Å². The molecule has 5 atom stereocenters. The van der Waals surface area contributed by atoms with E-state index in [1.165, 1.54) is 18.0 Å². The van der Waals surface area contributed by atoms with Gasteiger partial charge < -0.3 is 28.9 Å². The first kappa shape index (κ1) is 26.8. The second-order valence-corrected chi connectivity index (χ2v) is 9.97. The van der Waals surface area contributed by atoms with Gasteiger partial charge in [-0.25, -0.2) is 17.9 Å². The fourth-order valence-electron chi connectivity index (χ4n) is 5.16. The topological polar surface area (TPSA) is 125 Å². The second kappa shape index (κ2) is 10.7. The molecule has 0 spiro atoms. The molecule has 0 bridgehead atoms. The number of rotatable bonds is 7. The lowest BCUT2D eigenvalue weighted by molar-refractivity contribution is -0.212. The quantitative estimate of drug-likeness (QED) is 0.436. The van der Waals surface area contributed by atoms with Crippen LogP contribution in [0.15, 0.2) is 28.9 Å². The molecule has 10 nitrogen and oxygen atoms in total. The molecule has 0 amide bonds. The summed E-state index contributed by atoms with van der Waals surface area (Å²) < 4.78 is 65.0. The van der Waals surface area contributed by atoms with Crippen LogP contribution in [0.5, 0.6) is 0 Å². The Kier molecular flexibility index (Phi) is 7.56. The Balaban J connectivity index is 1.41. The van der Waals surface area contributed by atoms with Crippen molar-refractivity contribution >= 4 is 0 Å². The van der Waals surface area contributed by atoms with Crippen LogP contribution in [0, 0.1) is 17.5 Å². The van der Waals surface area contributed by atoms with Crippen molar-refractivity contribution in [2.24, 2.45) is 0 Å². The summed E-state index contributed by atoms with van der Waals surface area (Å²) in [5.41, 5.74) is 0.666. The van der Waals surface area contributed by atoms with Crippen molar-refractivity contribution in [3.63, 3.8) is 0 Å². The van der Waals surface area contributed by atoms with Gasteiger partial charge >= 0.3 is 0 Å². The predicted octanol–water partition coefficient (Wildman–Crippen LogP) is 2.34. The first-order valence-corrected chi connectivity index (χ1v) is 12.3. The molecule has 2 aromatic heterocycles. The van der Waals surface area contributed by atoms with Gasteiger partial charge in [-0.2, -0.15) is 0 Å². The highest BCUT2D eigenvalue weighted by Crippen LogP contribution is 2.36. The van der Waals surface area contributed by atoms with E-state index >= 15 is 0 Å². The maximum Gasteiger partial charge on any atom is 0.194 e. The van der Waals surface area contributed by atoms with E-state index in [1.54, 1.807) is 0 Å². The largest absolute Gasteiger partial charge is 0.394 e. The third-order valence-corrected chi connectivity index (χ3v) is 7.51. The molecule has 13 heteroatoms. The van der Waals surface area contributed by atoms with E-state index in [2.05, 4.69) is 22.4 Å². The van der Waals surface area contributed by atoms with Gasteiger partial charge in [0.1, 0.15) is 35.8 Å². The third kappa shape index (κ3) is 4.96. The Bertz CT molecular complexity index is 1240. The van der Waals surface area contributed by atoms with Gasteiger partial charge in [-0.3, -0.25) is 0 Å². The van der Waals surface area contributed by atoms with Crippen LogP contribution in [0.2, 0.25) is 0 Å². The molecule has 5 rings (SSSR count). The van der Waals surface area contributed by atoms with Crippen molar-refractivity contribution in [2.45, 2.75) is 62.1 Å². The number of aliphatic hydroxyl groups is 2. The number of ether oxygens (including phenoxy) is 3. The lowest BCUT2D eigenvalue weighted by atomic mass is 9.79. The van der Waals surface area contributed by atoms with Crippen LogP contribution in [0.1, 0.15) is 37.3 Å². The number of nitrogens with zero attached hydrogens (tertiary/aromatic N) is 4. The summed E-state index contributed by atoms with van der Waals surface area (Å²) in [7, 11) is 1.44. The van der Waals surface area contributed by atoms with Gasteiger partial charge in [0, 0.05) is 43.8 Å². The van der Waals surface area contributed by atoms with E-state index < -0.39 is 54.5 Å². The first-order valence-electron chi connectivity index (χ1n) is 12.3. The molecule has 0 radical (unpaired) electrons. The summed E-state index contributed by atoms with van der Waals surface area (Å²) in [6, 6.07) is 2.60. The molecule has 206 valence electrons. The number of methoxy groups -OCH3 is 1. The number of hydrogen-bond acceptors (Lipinski definition) is 9. The van der Waals surface area contributed by atoms with Gasteiger partial charge in [-0.15, -0.1) is 5.10 Å². The van der Waals surface area contributed by atoms with E-state index in [0.717, 1.165) is 30.7 Å². The molecule has 1 aromatic carbocycles. The van der Waals surface area contributed by atoms with Crippen molar-refractivity contribution in [3.8, 4) is 11.3 Å². The molecule has 2 saturated heterocycles. The molecule has 38 heavy (non-hydrogen) atoms. The Morgan fingerprint density at radius 1 is 1.13 bits per heavy atom. The van der Waals surface area contributed by atoms with Crippen LogP contribution in [0.3, 0.4) is 0 Å². The Labute approximate surface area is 216 Å². The summed E-state index contributed by atoms with van der Waals surface area (Å²) in [6.45, 7) is 2.91. The summed E-state index contributed by atoms with van der Waals surface area (Å²) in [5.74, 6) is -3.77. The normalized spacial score (nSPS) is 27.5. The average molecular weight is 539 g/mol. The standard InChI is InChI=1S/C25H29F3N4O6/c1-25(3-5-36-6-4-25)20-10-14(38-30-20)9-18-24(35-2)22(23(34)19(12-33)37-18)32-11-17(29-31-32)13-7-15(26)21(28)16(27)8-13/h7-8,10-11,18-19,22-24,33-34H,3-6,9,12H2,1-2H3/t18-,19-,22+,23+,24+/m1/s1. The average Bonchev–Trinajstić information content (AvgIpc) is 3.58. The lowest BCUT2D eigenvalue weighted by Crippen LogP contribution is -2.57. The number of aliphatic hydroxyl groups excluding tert-OH is 2. The van der Waals surface area contributed by atoms with E-state index in [0.29, 0.717) is 19.0 Å². The third-order valence-electron chi connectivity index (χ3n) is 7.51. The summed E-state index contributed by atoms with van der Waals surface area (Å²) in [5, 5.41) is 33.2. The summed E-state index contributed by atoms with van der Waals surface area (Å²) in [4.78, 5) is 0. The maximum atomic E-state index is 13.8. The van der Waals surface area contributed by atoms with Crippen molar-refractivity contribution in [2.75, 3.05) is 26.9 Å². The molecule has 2 N–H and O–H groups in total. The molecule has 2 fully saturated rings. The van der Waals surface area contributed by atoms with Crippen LogP contribution in [0.4, 0.5) is 13.2 Å². The molecule has 0 unspecified atom stereocenters. The maximum absolute atomic E-state index is 13.8. The molecule has 3 aromatic rings. The minimum absolute atomic E-state index is 0.0331. The van der Waals surface area contributed by atoms with E-state index in [-0.39, 0.29) is 23.1 Å². The highest BCUT2D eigenvalue weighted by Gasteiger charge is 2.47. The van der Waals surface area contributed by atoms with Gasteiger partial charge in [-0.1, -0.05) is 17.3 Å². The highest BCUT2D eigenvalue weighted by atomic mass is 19.2. The van der Waals surface area contributed by atoms with E-state index in [1.807, 2.05) is 6.07 Å². The number of aromatic nitrogens is 4. The summed E-state index contributed by atoms with van der Waals surface area (Å²) >= 11 is 0. The number of hydrogen-bond donors (Lipinski definition) is 2. The Morgan fingerprint density at radius 2 is 1.84 bits per heavy atom. The van der Waals surface area contributed by atoms with Gasteiger partial charge in [0.05, 0.1) is 24.6 Å². The van der Waals surface area contributed by atoms with Gasteiger partial charge in [0.25, 0.3) is 0 Å². The van der Waals surface area contributed by atoms with E-state index in [9.17, 15) is 23.4 Å². The minimum Gasteiger partial charge on any atom is -0.394 e. The van der Waals surface area contributed by atoms with Crippen molar-refractivity contribution in [3.05, 3.63) is 53.3 Å².